The van der Waals surface area contributed by atoms with Gasteiger partial charge in [-0.3, -0.25) is 4.79 Å². The predicted molar refractivity (Wildman–Crippen MR) is 104 cm³/mol. The van der Waals surface area contributed by atoms with E-state index in [0.717, 1.165) is 16.8 Å². The first-order valence-corrected chi connectivity index (χ1v) is 8.60. The highest BCUT2D eigenvalue weighted by Crippen LogP contribution is 2.18. The van der Waals surface area contributed by atoms with E-state index in [2.05, 4.69) is 20.6 Å². The Bertz CT molecular complexity index is 925. The zero-order valence-corrected chi connectivity index (χ0v) is 15.3. The molecule has 0 unspecified atom stereocenters. The monoisotopic (exact) mass is 366 g/mol. The lowest BCUT2D eigenvalue weighted by Gasteiger charge is -2.10. The van der Waals surface area contributed by atoms with Gasteiger partial charge in [-0.1, -0.05) is 41.9 Å². The van der Waals surface area contributed by atoms with Crippen molar-refractivity contribution >= 4 is 29.1 Å². The molecule has 1 amide bonds. The molecule has 26 heavy (non-hydrogen) atoms. The Hall–Kier alpha value is -2.92. The molecule has 0 bridgehead atoms. The Kier molecular flexibility index (Phi) is 5.49. The van der Waals surface area contributed by atoms with E-state index in [4.69, 9.17) is 11.6 Å². The minimum atomic E-state index is -0.252. The fourth-order valence-electron chi connectivity index (χ4n) is 2.45. The van der Waals surface area contributed by atoms with Crippen LogP contribution in [-0.2, 0) is 6.54 Å². The minimum absolute atomic E-state index is 0.252. The van der Waals surface area contributed by atoms with Gasteiger partial charge in [0.25, 0.3) is 5.91 Å². The molecule has 6 heteroatoms. The van der Waals surface area contributed by atoms with Gasteiger partial charge < -0.3 is 10.6 Å². The molecule has 0 saturated carbocycles. The topological polar surface area (TPSA) is 66.9 Å². The van der Waals surface area contributed by atoms with Gasteiger partial charge in [0, 0.05) is 22.9 Å². The average Bonchev–Trinajstić information content (AvgIpc) is 2.62. The van der Waals surface area contributed by atoms with Crippen molar-refractivity contribution < 1.29 is 4.79 Å². The second-order valence-electron chi connectivity index (χ2n) is 5.97. The number of benzene rings is 2. The second-order valence-corrected chi connectivity index (χ2v) is 6.40. The number of amides is 1. The van der Waals surface area contributed by atoms with Crippen LogP contribution in [0.3, 0.4) is 0 Å². The van der Waals surface area contributed by atoms with Gasteiger partial charge in [0.05, 0.1) is 0 Å². The molecule has 2 N–H and O–H groups in total. The average molecular weight is 367 g/mol. The molecule has 5 nitrogen and oxygen atoms in total. The number of para-hydroxylation sites is 1. The number of carbonyl (C=O) groups excluding carboxylic acids is 1. The van der Waals surface area contributed by atoms with E-state index in [-0.39, 0.29) is 5.91 Å². The number of rotatable bonds is 5. The molecule has 0 fully saturated rings. The number of aromatic nitrogens is 2. The van der Waals surface area contributed by atoms with E-state index in [1.54, 1.807) is 18.2 Å². The highest BCUT2D eigenvalue weighted by Gasteiger charge is 2.11. The van der Waals surface area contributed by atoms with Gasteiger partial charge in [-0.15, -0.1) is 0 Å². The molecule has 1 heterocycles. The summed E-state index contributed by atoms with van der Waals surface area (Å²) in [4.78, 5) is 21.2. The summed E-state index contributed by atoms with van der Waals surface area (Å²) in [5, 5.41) is 6.70. The van der Waals surface area contributed by atoms with E-state index in [0.29, 0.717) is 28.9 Å². The molecule has 0 aliphatic heterocycles. The van der Waals surface area contributed by atoms with Gasteiger partial charge in [-0.2, -0.15) is 0 Å². The Morgan fingerprint density at radius 2 is 1.77 bits per heavy atom. The molecular formula is C20H19ClN4O. The largest absolute Gasteiger partial charge is 0.347 e. The van der Waals surface area contributed by atoms with Crippen LogP contribution in [0.2, 0.25) is 5.02 Å². The Balaban J connectivity index is 1.73. The molecule has 0 spiro atoms. The maximum Gasteiger partial charge on any atom is 0.270 e. The number of hydrogen-bond acceptors (Lipinski definition) is 4. The molecule has 3 rings (SSSR count). The zero-order chi connectivity index (χ0) is 18.5. The lowest BCUT2D eigenvalue weighted by atomic mass is 10.2. The molecule has 3 aromatic rings. The van der Waals surface area contributed by atoms with Crippen LogP contribution in [0.15, 0.2) is 54.6 Å². The molecule has 0 aliphatic rings. The van der Waals surface area contributed by atoms with Gasteiger partial charge in [-0.25, -0.2) is 9.97 Å². The summed E-state index contributed by atoms with van der Waals surface area (Å²) >= 11 is 5.87. The van der Waals surface area contributed by atoms with E-state index in [1.807, 2.05) is 50.2 Å². The van der Waals surface area contributed by atoms with Crippen molar-refractivity contribution in [1.82, 2.24) is 15.3 Å². The third-order valence-electron chi connectivity index (χ3n) is 3.84. The fourth-order valence-corrected chi connectivity index (χ4v) is 2.58. The zero-order valence-electron chi connectivity index (χ0n) is 14.6. The van der Waals surface area contributed by atoms with E-state index in [9.17, 15) is 4.79 Å². The highest BCUT2D eigenvalue weighted by atomic mass is 35.5. The molecule has 0 radical (unpaired) electrons. The first-order valence-electron chi connectivity index (χ1n) is 8.22. The predicted octanol–water partition coefficient (Wildman–Crippen LogP) is 4.42. The quantitative estimate of drug-likeness (QED) is 0.701. The Morgan fingerprint density at radius 3 is 2.50 bits per heavy atom. The number of aryl methyl sites for hydroxylation is 2. The summed E-state index contributed by atoms with van der Waals surface area (Å²) in [5.41, 5.74) is 3.99. The second kappa shape index (κ2) is 7.97. The van der Waals surface area contributed by atoms with Crippen LogP contribution in [0.4, 0.5) is 11.6 Å². The van der Waals surface area contributed by atoms with Crippen LogP contribution in [-0.4, -0.2) is 15.9 Å². The van der Waals surface area contributed by atoms with Crippen molar-refractivity contribution in [2.75, 3.05) is 5.32 Å². The summed E-state index contributed by atoms with van der Waals surface area (Å²) in [6.07, 6.45) is 0. The number of nitrogens with zero attached hydrogens (tertiary/aromatic N) is 2. The highest BCUT2D eigenvalue weighted by molar-refractivity contribution is 6.30. The van der Waals surface area contributed by atoms with Crippen molar-refractivity contribution in [2.24, 2.45) is 0 Å². The summed E-state index contributed by atoms with van der Waals surface area (Å²) in [7, 11) is 0. The lowest BCUT2D eigenvalue weighted by Crippen LogP contribution is -2.24. The summed E-state index contributed by atoms with van der Waals surface area (Å²) in [6.45, 7) is 4.23. The first-order chi connectivity index (χ1) is 12.5. The van der Waals surface area contributed by atoms with Gasteiger partial charge in [0.2, 0.25) is 5.95 Å². The van der Waals surface area contributed by atoms with Crippen molar-refractivity contribution in [3.63, 3.8) is 0 Å². The third-order valence-corrected chi connectivity index (χ3v) is 4.10. The summed E-state index contributed by atoms with van der Waals surface area (Å²) < 4.78 is 0. The van der Waals surface area contributed by atoms with Gasteiger partial charge >= 0.3 is 0 Å². The minimum Gasteiger partial charge on any atom is -0.347 e. The van der Waals surface area contributed by atoms with Crippen LogP contribution < -0.4 is 10.6 Å². The fraction of sp³-hybridized carbons (Fsp3) is 0.150. The third kappa shape index (κ3) is 4.58. The smallest absolute Gasteiger partial charge is 0.270 e. The van der Waals surface area contributed by atoms with Gasteiger partial charge in [0.1, 0.15) is 5.69 Å². The van der Waals surface area contributed by atoms with Crippen molar-refractivity contribution in [3.05, 3.63) is 82.1 Å². The molecule has 2 aromatic carbocycles. The number of hydrogen-bond donors (Lipinski definition) is 2. The Morgan fingerprint density at radius 1 is 1.04 bits per heavy atom. The summed E-state index contributed by atoms with van der Waals surface area (Å²) in [5.74, 6) is 0.147. The van der Waals surface area contributed by atoms with Gasteiger partial charge in [-0.05, 0) is 49.2 Å². The van der Waals surface area contributed by atoms with Crippen molar-refractivity contribution in [2.45, 2.75) is 20.4 Å². The van der Waals surface area contributed by atoms with Crippen LogP contribution in [0.1, 0.15) is 27.3 Å². The molecular weight excluding hydrogens is 348 g/mol. The molecule has 1 aromatic heterocycles. The lowest BCUT2D eigenvalue weighted by molar-refractivity contribution is 0.0945. The number of halogens is 1. The van der Waals surface area contributed by atoms with Crippen molar-refractivity contribution in [1.29, 1.82) is 0 Å². The molecule has 0 saturated heterocycles. The van der Waals surface area contributed by atoms with E-state index < -0.39 is 0 Å². The van der Waals surface area contributed by atoms with Crippen LogP contribution in [0.5, 0.6) is 0 Å². The normalized spacial score (nSPS) is 10.4. The van der Waals surface area contributed by atoms with Gasteiger partial charge in [0.15, 0.2) is 0 Å². The van der Waals surface area contributed by atoms with Crippen LogP contribution >= 0.6 is 11.6 Å². The molecule has 0 aliphatic carbocycles. The number of nitrogens with one attached hydrogen (secondary N) is 2. The van der Waals surface area contributed by atoms with E-state index >= 15 is 0 Å². The van der Waals surface area contributed by atoms with Crippen molar-refractivity contribution in [3.8, 4) is 0 Å². The Labute approximate surface area is 157 Å². The number of carbonyl (C=O) groups is 1. The van der Waals surface area contributed by atoms with Crippen LogP contribution in [0, 0.1) is 13.8 Å². The number of anilines is 2. The first kappa shape index (κ1) is 17.9. The maximum absolute atomic E-state index is 12.5. The molecule has 0 atom stereocenters. The van der Waals surface area contributed by atoms with E-state index in [1.165, 1.54) is 0 Å². The SMILES string of the molecule is Cc1cc(C(=O)NCc2ccc(Cl)cc2)nc(Nc2ccccc2C)n1. The molecule has 132 valence electrons. The van der Waals surface area contributed by atoms with Crippen LogP contribution in [0.25, 0.3) is 0 Å². The maximum atomic E-state index is 12.5. The standard InChI is InChI=1S/C20H19ClN4O/c1-13-5-3-4-6-17(13)24-20-23-14(2)11-18(25-20)19(26)22-12-15-7-9-16(21)10-8-15/h3-11H,12H2,1-2H3,(H,22,26)(H,23,24,25). The summed E-state index contributed by atoms with van der Waals surface area (Å²) in [6, 6.07) is 16.8.